The number of ether oxygens (including phenoxy) is 1. The smallest absolute Gasteiger partial charge is 0.259 e. The number of fused-ring (bicyclic) bond motifs is 1. The van der Waals surface area contributed by atoms with Crippen LogP contribution in [0.4, 0.5) is 0 Å². The molecule has 1 aliphatic heterocycles. The van der Waals surface area contributed by atoms with Crippen LogP contribution in [0.5, 0.6) is 5.75 Å². The maximum atomic E-state index is 12.2. The maximum Gasteiger partial charge on any atom is 0.259 e. The third-order valence-electron chi connectivity index (χ3n) is 3.08. The van der Waals surface area contributed by atoms with Gasteiger partial charge in [0.15, 0.2) is 0 Å². The maximum absolute atomic E-state index is 12.2. The van der Waals surface area contributed by atoms with Gasteiger partial charge in [0.2, 0.25) is 0 Å². The first-order valence-electron chi connectivity index (χ1n) is 6.09. The van der Waals surface area contributed by atoms with Gasteiger partial charge >= 0.3 is 0 Å². The molecule has 0 saturated heterocycles. The van der Waals surface area contributed by atoms with Crippen LogP contribution in [-0.4, -0.2) is 5.91 Å². The Balaban J connectivity index is 2.04. The van der Waals surface area contributed by atoms with Crippen LogP contribution < -0.4 is 10.1 Å². The average Bonchev–Trinajstić information content (AvgIpc) is 2.61. The topological polar surface area (TPSA) is 38.3 Å². The number of nitrogens with one attached hydrogen (secondary N) is 1. The van der Waals surface area contributed by atoms with Gasteiger partial charge in [-0.25, -0.2) is 0 Å². The molecule has 0 fully saturated rings. The van der Waals surface area contributed by atoms with Gasteiger partial charge in [-0.05, 0) is 18.6 Å². The number of aryl methyl sites for hydroxylation is 1. The zero-order chi connectivity index (χ0) is 13.2. The van der Waals surface area contributed by atoms with Crippen molar-refractivity contribution in [2.75, 3.05) is 0 Å². The van der Waals surface area contributed by atoms with Gasteiger partial charge in [-0.3, -0.25) is 4.79 Å². The zero-order valence-electron chi connectivity index (χ0n) is 10.5. The van der Waals surface area contributed by atoms with Crippen molar-refractivity contribution in [2.45, 2.75) is 6.92 Å². The van der Waals surface area contributed by atoms with Gasteiger partial charge in [0.25, 0.3) is 5.91 Å². The van der Waals surface area contributed by atoms with Crippen LogP contribution in [0.2, 0.25) is 0 Å². The molecule has 0 aliphatic carbocycles. The van der Waals surface area contributed by atoms with Crippen molar-refractivity contribution in [1.29, 1.82) is 0 Å². The van der Waals surface area contributed by atoms with Crippen molar-refractivity contribution in [1.82, 2.24) is 5.32 Å². The molecule has 1 heterocycles. The summed E-state index contributed by atoms with van der Waals surface area (Å²) in [6.07, 6.45) is 1.59. The van der Waals surface area contributed by atoms with Crippen molar-refractivity contribution in [3.05, 3.63) is 71.5 Å². The van der Waals surface area contributed by atoms with Crippen LogP contribution in [-0.2, 0) is 0 Å². The molecule has 0 aromatic heterocycles. The van der Waals surface area contributed by atoms with Crippen LogP contribution in [0.3, 0.4) is 0 Å². The van der Waals surface area contributed by atoms with Crippen LogP contribution in [0.1, 0.15) is 21.5 Å². The van der Waals surface area contributed by atoms with Crippen LogP contribution in [0.15, 0.2) is 54.8 Å². The molecule has 0 spiro atoms. The predicted molar refractivity (Wildman–Crippen MR) is 73.7 cm³/mol. The molecule has 94 valence electrons. The third kappa shape index (κ3) is 2.10. The van der Waals surface area contributed by atoms with Gasteiger partial charge in [-0.1, -0.05) is 42.5 Å². The molecule has 0 radical (unpaired) electrons. The summed E-state index contributed by atoms with van der Waals surface area (Å²) in [5, 5.41) is 2.88. The number of amides is 1. The highest BCUT2D eigenvalue weighted by molar-refractivity contribution is 6.02. The molecule has 1 aliphatic rings. The number of para-hydroxylation sites is 1. The summed E-state index contributed by atoms with van der Waals surface area (Å²) >= 11 is 0. The van der Waals surface area contributed by atoms with E-state index in [4.69, 9.17) is 4.74 Å². The van der Waals surface area contributed by atoms with Crippen molar-refractivity contribution in [2.24, 2.45) is 0 Å². The minimum atomic E-state index is -0.147. The molecule has 19 heavy (non-hydrogen) atoms. The van der Waals surface area contributed by atoms with E-state index in [2.05, 4.69) is 5.32 Å². The van der Waals surface area contributed by atoms with E-state index in [9.17, 15) is 4.79 Å². The van der Waals surface area contributed by atoms with Crippen molar-refractivity contribution >= 4 is 11.6 Å². The summed E-state index contributed by atoms with van der Waals surface area (Å²) < 4.78 is 5.67. The minimum absolute atomic E-state index is 0.147. The first-order valence-corrected chi connectivity index (χ1v) is 6.09. The van der Waals surface area contributed by atoms with Gasteiger partial charge in [0.05, 0.1) is 11.3 Å². The Hall–Kier alpha value is -2.55. The number of hydrogen-bond acceptors (Lipinski definition) is 2. The third-order valence-corrected chi connectivity index (χ3v) is 3.08. The second kappa shape index (κ2) is 4.61. The van der Waals surface area contributed by atoms with Gasteiger partial charge < -0.3 is 10.1 Å². The van der Waals surface area contributed by atoms with Crippen LogP contribution in [0.25, 0.3) is 5.70 Å². The number of benzene rings is 2. The first-order chi connectivity index (χ1) is 9.25. The molecular formula is C16H13NO2. The largest absolute Gasteiger partial charge is 0.462 e. The van der Waals surface area contributed by atoms with Crippen LogP contribution >= 0.6 is 0 Å². The fourth-order valence-electron chi connectivity index (χ4n) is 2.08. The van der Waals surface area contributed by atoms with Crippen molar-refractivity contribution in [3.63, 3.8) is 0 Å². The Morgan fingerprint density at radius 1 is 1.00 bits per heavy atom. The Morgan fingerprint density at radius 2 is 1.79 bits per heavy atom. The molecule has 1 amide bonds. The fourth-order valence-corrected chi connectivity index (χ4v) is 2.08. The highest BCUT2D eigenvalue weighted by Crippen LogP contribution is 2.27. The van der Waals surface area contributed by atoms with E-state index in [1.165, 1.54) is 0 Å². The van der Waals surface area contributed by atoms with Crippen molar-refractivity contribution in [3.8, 4) is 5.75 Å². The number of hydrogen-bond donors (Lipinski definition) is 1. The Bertz CT molecular complexity index is 660. The highest BCUT2D eigenvalue weighted by atomic mass is 16.5. The molecule has 3 nitrogen and oxygen atoms in total. The van der Waals surface area contributed by atoms with Crippen LogP contribution in [0, 0.1) is 6.92 Å². The lowest BCUT2D eigenvalue weighted by Gasteiger charge is -2.06. The van der Waals surface area contributed by atoms with Gasteiger partial charge in [-0.2, -0.15) is 0 Å². The molecule has 3 heteroatoms. The minimum Gasteiger partial charge on any atom is -0.462 e. The molecule has 3 rings (SSSR count). The molecule has 0 saturated carbocycles. The molecule has 0 unspecified atom stereocenters. The van der Waals surface area contributed by atoms with E-state index in [0.717, 1.165) is 11.1 Å². The first kappa shape index (κ1) is 11.5. The highest BCUT2D eigenvalue weighted by Gasteiger charge is 2.19. The van der Waals surface area contributed by atoms with Gasteiger partial charge in [0.1, 0.15) is 12.0 Å². The van der Waals surface area contributed by atoms with E-state index >= 15 is 0 Å². The summed E-state index contributed by atoms with van der Waals surface area (Å²) in [6, 6.07) is 15.2. The second-order valence-corrected chi connectivity index (χ2v) is 4.42. The van der Waals surface area contributed by atoms with Crippen molar-refractivity contribution < 1.29 is 9.53 Å². The molecule has 0 bridgehead atoms. The van der Waals surface area contributed by atoms with Gasteiger partial charge in [-0.15, -0.1) is 0 Å². The molecule has 2 aromatic rings. The van der Waals surface area contributed by atoms with E-state index < -0.39 is 0 Å². The average molecular weight is 251 g/mol. The monoisotopic (exact) mass is 251 g/mol. The van der Waals surface area contributed by atoms with E-state index in [-0.39, 0.29) is 5.91 Å². The van der Waals surface area contributed by atoms with Gasteiger partial charge in [0, 0.05) is 5.56 Å². The van der Waals surface area contributed by atoms with E-state index in [0.29, 0.717) is 17.0 Å². The molecule has 0 atom stereocenters. The molecule has 1 N–H and O–H groups in total. The zero-order valence-corrected chi connectivity index (χ0v) is 10.5. The van der Waals surface area contributed by atoms with E-state index in [1.807, 2.05) is 49.4 Å². The molecule has 2 aromatic carbocycles. The van der Waals surface area contributed by atoms with E-state index in [1.54, 1.807) is 12.3 Å². The Labute approximate surface area is 111 Å². The number of carbonyl (C=O) groups excluding carboxylic acids is 1. The lowest BCUT2D eigenvalue weighted by molar-refractivity contribution is 0.0973. The SMILES string of the molecule is Cc1cccc2c1OC=C(c1ccccc1)NC2=O. The second-order valence-electron chi connectivity index (χ2n) is 4.42. The standard InChI is InChI=1S/C16H13NO2/c1-11-6-5-9-13-15(11)19-10-14(17-16(13)18)12-7-3-2-4-8-12/h2-10H,1H3,(H,17,18). The fraction of sp³-hybridized carbons (Fsp3) is 0.0625. The normalized spacial score (nSPS) is 13.7. The summed E-state index contributed by atoms with van der Waals surface area (Å²) in [5.41, 5.74) is 3.09. The summed E-state index contributed by atoms with van der Waals surface area (Å²) in [5.74, 6) is 0.470. The summed E-state index contributed by atoms with van der Waals surface area (Å²) in [7, 11) is 0. The Kier molecular flexibility index (Phi) is 2.80. The molecular weight excluding hydrogens is 238 g/mol. The summed E-state index contributed by atoms with van der Waals surface area (Å²) in [6.45, 7) is 1.92. The number of carbonyl (C=O) groups is 1. The quantitative estimate of drug-likeness (QED) is 0.845. The lowest BCUT2D eigenvalue weighted by Crippen LogP contribution is -2.20. The predicted octanol–water partition coefficient (Wildman–Crippen LogP) is 3.12. The lowest BCUT2D eigenvalue weighted by atomic mass is 10.1. The number of rotatable bonds is 1. The Morgan fingerprint density at radius 3 is 2.58 bits per heavy atom. The summed E-state index contributed by atoms with van der Waals surface area (Å²) in [4.78, 5) is 12.2.